The summed E-state index contributed by atoms with van der Waals surface area (Å²) in [7, 11) is 0. The number of hydrogen-bond donors (Lipinski definition) is 3. The number of carbonyl (C=O) groups is 2. The number of H-pyrrole nitrogens is 1. The zero-order chi connectivity index (χ0) is 21.8. The number of carbonyl (C=O) groups excluding carboxylic acids is 2. The Bertz CT molecular complexity index is 979. The molecule has 30 heavy (non-hydrogen) atoms. The number of nitrogens with one attached hydrogen (secondary N) is 3. The van der Waals surface area contributed by atoms with Gasteiger partial charge in [0.1, 0.15) is 11.7 Å². The lowest BCUT2D eigenvalue weighted by Gasteiger charge is -2.31. The molecule has 0 aliphatic heterocycles. The second-order valence-corrected chi connectivity index (χ2v) is 9.17. The fraction of sp³-hybridized carbons (Fsp3) is 0.500. The molecule has 1 aliphatic rings. The van der Waals surface area contributed by atoms with E-state index in [1.54, 1.807) is 18.2 Å². The quantitative estimate of drug-likeness (QED) is 0.590. The zero-order valence-electron chi connectivity index (χ0n) is 17.1. The van der Waals surface area contributed by atoms with E-state index in [1.807, 2.05) is 13.8 Å². The smallest absolute Gasteiger partial charge is 0.267 e. The van der Waals surface area contributed by atoms with Gasteiger partial charge >= 0.3 is 0 Å². The summed E-state index contributed by atoms with van der Waals surface area (Å²) in [4.78, 5) is 28.8. The molecule has 1 saturated carbocycles. The zero-order valence-corrected chi connectivity index (χ0v) is 18.6. The number of fused-ring (bicyclic) bond motifs is 1. The van der Waals surface area contributed by atoms with Crippen LogP contribution >= 0.6 is 23.2 Å². The van der Waals surface area contributed by atoms with Gasteiger partial charge in [-0.2, -0.15) is 5.26 Å². The maximum Gasteiger partial charge on any atom is 0.267 e. The second-order valence-electron chi connectivity index (χ2n) is 8.32. The SMILES string of the molecule is CC(C)C[C@@H](C#N)NC(=O)[C@@H]1CCCC[C@@H]1NC(=O)c1cc2c(Cl)cc(Cl)cc2[nH]1. The van der Waals surface area contributed by atoms with E-state index in [-0.39, 0.29) is 23.8 Å². The topological polar surface area (TPSA) is 97.8 Å². The molecule has 1 aromatic heterocycles. The molecule has 0 bridgehead atoms. The Kier molecular flexibility index (Phi) is 7.27. The largest absolute Gasteiger partial charge is 0.350 e. The molecule has 0 unspecified atom stereocenters. The van der Waals surface area contributed by atoms with Crippen molar-refractivity contribution in [2.75, 3.05) is 0 Å². The molecule has 8 heteroatoms. The fourth-order valence-electron chi connectivity index (χ4n) is 4.04. The number of nitriles is 1. The summed E-state index contributed by atoms with van der Waals surface area (Å²) in [5.41, 5.74) is 1.05. The molecule has 0 radical (unpaired) electrons. The summed E-state index contributed by atoms with van der Waals surface area (Å²) in [6.45, 7) is 4.03. The molecule has 1 fully saturated rings. The van der Waals surface area contributed by atoms with Crippen LogP contribution in [-0.2, 0) is 4.79 Å². The van der Waals surface area contributed by atoms with Crippen molar-refractivity contribution in [2.24, 2.45) is 11.8 Å². The second kappa shape index (κ2) is 9.72. The molecule has 3 rings (SSSR count). The molecule has 0 spiro atoms. The molecular formula is C22H26Cl2N4O2. The van der Waals surface area contributed by atoms with Gasteiger partial charge in [0.2, 0.25) is 5.91 Å². The highest BCUT2D eigenvalue weighted by Crippen LogP contribution is 2.29. The van der Waals surface area contributed by atoms with Gasteiger partial charge in [0, 0.05) is 22.0 Å². The van der Waals surface area contributed by atoms with Crippen LogP contribution in [0.15, 0.2) is 18.2 Å². The highest BCUT2D eigenvalue weighted by Gasteiger charge is 2.33. The third-order valence-corrected chi connectivity index (χ3v) is 6.03. The van der Waals surface area contributed by atoms with E-state index in [1.165, 1.54) is 0 Å². The van der Waals surface area contributed by atoms with E-state index in [4.69, 9.17) is 23.2 Å². The van der Waals surface area contributed by atoms with E-state index in [0.717, 1.165) is 24.6 Å². The third kappa shape index (κ3) is 5.27. The van der Waals surface area contributed by atoms with Crippen molar-refractivity contribution in [3.8, 4) is 6.07 Å². The minimum absolute atomic E-state index is 0.168. The minimum Gasteiger partial charge on any atom is -0.350 e. The predicted octanol–water partition coefficient (Wildman–Crippen LogP) is 4.82. The molecule has 160 valence electrons. The Morgan fingerprint density at radius 2 is 1.97 bits per heavy atom. The van der Waals surface area contributed by atoms with Gasteiger partial charge in [-0.05, 0) is 43.4 Å². The number of nitrogens with zero attached hydrogens (tertiary/aromatic N) is 1. The van der Waals surface area contributed by atoms with Crippen molar-refractivity contribution in [1.82, 2.24) is 15.6 Å². The number of amides is 2. The molecule has 2 aromatic rings. The Morgan fingerprint density at radius 1 is 1.23 bits per heavy atom. The minimum atomic E-state index is -0.517. The lowest BCUT2D eigenvalue weighted by Crippen LogP contribution is -2.50. The molecule has 1 aliphatic carbocycles. The van der Waals surface area contributed by atoms with Gasteiger partial charge in [0.15, 0.2) is 0 Å². The first-order valence-electron chi connectivity index (χ1n) is 10.3. The van der Waals surface area contributed by atoms with Crippen molar-refractivity contribution < 1.29 is 9.59 Å². The summed E-state index contributed by atoms with van der Waals surface area (Å²) in [5, 5.41) is 16.9. The van der Waals surface area contributed by atoms with Gasteiger partial charge in [-0.15, -0.1) is 0 Å². The van der Waals surface area contributed by atoms with Crippen LogP contribution in [0.2, 0.25) is 10.0 Å². The van der Waals surface area contributed by atoms with Crippen LogP contribution in [0.25, 0.3) is 10.9 Å². The highest BCUT2D eigenvalue weighted by atomic mass is 35.5. The van der Waals surface area contributed by atoms with Crippen LogP contribution in [0.5, 0.6) is 0 Å². The van der Waals surface area contributed by atoms with Crippen LogP contribution in [0, 0.1) is 23.2 Å². The summed E-state index contributed by atoms with van der Waals surface area (Å²) in [6, 6.07) is 6.40. The van der Waals surface area contributed by atoms with Gasteiger partial charge < -0.3 is 15.6 Å². The van der Waals surface area contributed by atoms with Crippen molar-refractivity contribution >= 4 is 45.9 Å². The van der Waals surface area contributed by atoms with Gasteiger partial charge in [-0.1, -0.05) is 49.9 Å². The fourth-order valence-corrected chi connectivity index (χ4v) is 4.59. The summed E-state index contributed by atoms with van der Waals surface area (Å²) >= 11 is 12.3. The first kappa shape index (κ1) is 22.5. The standard InChI is InChI=1S/C22H26Cl2N4O2/c1-12(2)7-14(11-25)26-21(29)15-5-3-4-6-18(15)28-22(30)20-10-16-17(24)8-13(23)9-19(16)27-20/h8-10,12,14-15,18,27H,3-7H2,1-2H3,(H,26,29)(H,28,30)/t14-,15+,18-/m0/s1. The van der Waals surface area contributed by atoms with Gasteiger partial charge in [-0.25, -0.2) is 0 Å². The first-order valence-corrected chi connectivity index (χ1v) is 11.0. The van der Waals surface area contributed by atoms with Crippen LogP contribution in [0.1, 0.15) is 56.4 Å². The number of benzene rings is 1. The lowest BCUT2D eigenvalue weighted by molar-refractivity contribution is -0.127. The Morgan fingerprint density at radius 3 is 2.67 bits per heavy atom. The van der Waals surface area contributed by atoms with Crippen LogP contribution in [-0.4, -0.2) is 28.9 Å². The van der Waals surface area contributed by atoms with E-state index < -0.39 is 6.04 Å². The first-order chi connectivity index (χ1) is 14.3. The van der Waals surface area contributed by atoms with Crippen molar-refractivity contribution in [3.05, 3.63) is 33.9 Å². The summed E-state index contributed by atoms with van der Waals surface area (Å²) in [6.07, 6.45) is 3.87. The molecule has 1 heterocycles. The molecule has 0 saturated heterocycles. The Balaban J connectivity index is 1.72. The van der Waals surface area contributed by atoms with E-state index in [9.17, 15) is 14.9 Å². The molecule has 2 amide bonds. The number of aromatic nitrogens is 1. The Labute approximate surface area is 186 Å². The normalized spacial score (nSPS) is 20.0. The number of hydrogen-bond acceptors (Lipinski definition) is 3. The maximum absolute atomic E-state index is 12.9. The monoisotopic (exact) mass is 448 g/mol. The van der Waals surface area contributed by atoms with Gasteiger partial charge in [0.25, 0.3) is 5.91 Å². The molecule has 3 atom stereocenters. The number of aromatic amines is 1. The van der Waals surface area contributed by atoms with Gasteiger partial charge in [0.05, 0.1) is 17.0 Å². The average molecular weight is 449 g/mol. The van der Waals surface area contributed by atoms with E-state index in [2.05, 4.69) is 21.7 Å². The van der Waals surface area contributed by atoms with Crippen molar-refractivity contribution in [1.29, 1.82) is 5.26 Å². The third-order valence-electron chi connectivity index (χ3n) is 5.50. The van der Waals surface area contributed by atoms with E-state index in [0.29, 0.717) is 40.0 Å². The van der Waals surface area contributed by atoms with E-state index >= 15 is 0 Å². The number of halogens is 2. The van der Waals surface area contributed by atoms with Gasteiger partial charge in [-0.3, -0.25) is 9.59 Å². The van der Waals surface area contributed by atoms with Crippen LogP contribution < -0.4 is 10.6 Å². The molecular weight excluding hydrogens is 423 g/mol. The summed E-state index contributed by atoms with van der Waals surface area (Å²) < 4.78 is 0. The molecule has 3 N–H and O–H groups in total. The molecule has 6 nitrogen and oxygen atoms in total. The predicted molar refractivity (Wildman–Crippen MR) is 119 cm³/mol. The maximum atomic E-state index is 12.9. The molecule has 1 aromatic carbocycles. The Hall–Kier alpha value is -2.23. The van der Waals surface area contributed by atoms with Crippen molar-refractivity contribution in [3.63, 3.8) is 0 Å². The van der Waals surface area contributed by atoms with Crippen molar-refractivity contribution in [2.45, 2.75) is 58.0 Å². The highest BCUT2D eigenvalue weighted by molar-refractivity contribution is 6.38. The summed E-state index contributed by atoms with van der Waals surface area (Å²) in [5.74, 6) is -0.506. The lowest BCUT2D eigenvalue weighted by atomic mass is 9.83. The van der Waals surface area contributed by atoms with Crippen LogP contribution in [0.4, 0.5) is 0 Å². The number of rotatable bonds is 6. The average Bonchev–Trinajstić information content (AvgIpc) is 3.12. The van der Waals surface area contributed by atoms with Crippen LogP contribution in [0.3, 0.4) is 0 Å².